The van der Waals surface area contributed by atoms with Gasteiger partial charge < -0.3 is 0 Å². The van der Waals surface area contributed by atoms with Crippen LogP contribution in [0.25, 0.3) is 0 Å². The highest BCUT2D eigenvalue weighted by Crippen LogP contribution is 2.04. The summed E-state index contributed by atoms with van der Waals surface area (Å²) < 4.78 is -0.0446. The molecule has 0 aromatic carbocycles. The van der Waals surface area contributed by atoms with Gasteiger partial charge in [0, 0.05) is 10.9 Å². The first-order chi connectivity index (χ1) is 3.72. The Morgan fingerprint density at radius 1 is 1.75 bits per heavy atom. The first-order valence-corrected chi connectivity index (χ1v) is 4.04. The third-order valence-electron chi connectivity index (χ3n) is 0.745. The minimum atomic E-state index is -0.0446. The molecule has 0 radical (unpaired) electrons. The summed E-state index contributed by atoms with van der Waals surface area (Å²) in [5.41, 5.74) is 0.755. The van der Waals surface area contributed by atoms with Gasteiger partial charge in [-0.15, -0.1) is 0 Å². The number of carbonyl (C=O) groups excluding carboxylic acids is 1. The monoisotopic (exact) mass is 240 g/mol. The Hall–Kier alpha value is 0.370. The summed E-state index contributed by atoms with van der Waals surface area (Å²) in [5.74, 6) is 0. The molecule has 1 nitrogen and oxygen atoms in total. The van der Waals surface area contributed by atoms with Crippen LogP contribution in [0.3, 0.4) is 0 Å². The van der Waals surface area contributed by atoms with Crippen LogP contribution in [-0.4, -0.2) is 10.0 Å². The van der Waals surface area contributed by atoms with Crippen LogP contribution >= 0.6 is 31.9 Å². The van der Waals surface area contributed by atoms with Gasteiger partial charge in [-0.1, -0.05) is 22.0 Å². The van der Waals surface area contributed by atoms with E-state index >= 15 is 0 Å². The second kappa shape index (κ2) is 4.27. The second-order valence-electron chi connectivity index (χ2n) is 1.22. The van der Waals surface area contributed by atoms with Crippen LogP contribution in [0.5, 0.6) is 0 Å². The van der Waals surface area contributed by atoms with E-state index in [1.165, 1.54) is 0 Å². The highest BCUT2D eigenvalue weighted by atomic mass is 79.9. The van der Waals surface area contributed by atoms with Crippen molar-refractivity contribution in [2.75, 3.05) is 5.33 Å². The molecule has 0 aromatic rings. The molecule has 0 aliphatic heterocycles. The Balaban J connectivity index is 3.92. The molecular weight excluding hydrogens is 236 g/mol. The summed E-state index contributed by atoms with van der Waals surface area (Å²) >= 11 is 5.98. The summed E-state index contributed by atoms with van der Waals surface area (Å²) in [6.45, 7) is 1.83. The van der Waals surface area contributed by atoms with E-state index < -0.39 is 0 Å². The van der Waals surface area contributed by atoms with Gasteiger partial charge in [0.1, 0.15) is 0 Å². The van der Waals surface area contributed by atoms with Crippen molar-refractivity contribution in [2.24, 2.45) is 0 Å². The van der Waals surface area contributed by atoms with Gasteiger partial charge in [-0.05, 0) is 22.9 Å². The van der Waals surface area contributed by atoms with Crippen LogP contribution < -0.4 is 0 Å². The topological polar surface area (TPSA) is 17.1 Å². The van der Waals surface area contributed by atoms with Crippen molar-refractivity contribution < 1.29 is 4.79 Å². The second-order valence-corrected chi connectivity index (χ2v) is 2.50. The molecule has 0 rings (SSSR count). The lowest BCUT2D eigenvalue weighted by molar-refractivity contribution is -0.107. The molecule has 0 fully saturated rings. The van der Waals surface area contributed by atoms with Crippen molar-refractivity contribution in [1.82, 2.24) is 0 Å². The molecule has 0 amide bonds. The molecule has 0 spiro atoms. The summed E-state index contributed by atoms with van der Waals surface area (Å²) in [4.78, 5) is 10.4. The fraction of sp³-hybridized carbons (Fsp3) is 0.400. The molecule has 0 atom stereocenters. The van der Waals surface area contributed by atoms with E-state index in [1.54, 1.807) is 6.08 Å². The third kappa shape index (κ3) is 2.62. The number of hydrogen-bond acceptors (Lipinski definition) is 1. The van der Waals surface area contributed by atoms with Crippen LogP contribution in [-0.2, 0) is 4.79 Å². The highest BCUT2D eigenvalue weighted by molar-refractivity contribution is 9.18. The Morgan fingerprint density at radius 3 is 2.25 bits per heavy atom. The van der Waals surface area contributed by atoms with Gasteiger partial charge in [0.25, 0.3) is 0 Å². The summed E-state index contributed by atoms with van der Waals surface area (Å²) in [6, 6.07) is 0. The van der Waals surface area contributed by atoms with Crippen LogP contribution in [0.15, 0.2) is 11.6 Å². The van der Waals surface area contributed by atoms with Crippen molar-refractivity contribution in [3.63, 3.8) is 0 Å². The largest absolute Gasteiger partial charge is 0.281 e. The molecule has 0 heterocycles. The molecule has 0 bridgehead atoms. The smallest absolute Gasteiger partial charge is 0.224 e. The molecule has 0 saturated heterocycles. The van der Waals surface area contributed by atoms with Crippen LogP contribution in [0.1, 0.15) is 6.92 Å². The zero-order valence-corrected chi connectivity index (χ0v) is 7.62. The molecule has 0 N–H and O–H groups in total. The number of hydrogen-bond donors (Lipinski definition) is 0. The maximum absolute atomic E-state index is 10.4. The summed E-state index contributed by atoms with van der Waals surface area (Å²) in [6.07, 6.45) is 1.77. The number of allylic oxidation sites excluding steroid dienone is 2. The predicted octanol–water partition coefficient (Wildman–Crippen LogP) is 2.25. The van der Waals surface area contributed by atoms with Gasteiger partial charge in [0.2, 0.25) is 4.69 Å². The summed E-state index contributed by atoms with van der Waals surface area (Å²) in [7, 11) is 0. The Labute approximate surface area is 65.4 Å². The lowest BCUT2D eigenvalue weighted by Gasteiger charge is -1.89. The molecule has 0 saturated carbocycles. The van der Waals surface area contributed by atoms with Crippen LogP contribution in [0.2, 0.25) is 0 Å². The van der Waals surface area contributed by atoms with Crippen molar-refractivity contribution in [3.05, 3.63) is 11.6 Å². The van der Waals surface area contributed by atoms with E-state index in [-0.39, 0.29) is 4.69 Å². The zero-order chi connectivity index (χ0) is 6.57. The molecule has 8 heavy (non-hydrogen) atoms. The van der Waals surface area contributed by atoms with E-state index in [4.69, 9.17) is 0 Å². The van der Waals surface area contributed by atoms with Crippen LogP contribution in [0, 0.1) is 0 Å². The number of rotatable bonds is 2. The van der Waals surface area contributed by atoms with E-state index in [0.717, 1.165) is 5.57 Å². The molecule has 0 aromatic heterocycles. The fourth-order valence-corrected chi connectivity index (χ4v) is 1.57. The SMILES string of the molecule is CC=C(CBr)C(=O)Br. The van der Waals surface area contributed by atoms with Crippen molar-refractivity contribution in [2.45, 2.75) is 6.92 Å². The Bertz CT molecular complexity index is 118. The zero-order valence-electron chi connectivity index (χ0n) is 4.45. The molecule has 3 heteroatoms. The number of carbonyl (C=O) groups is 1. The lowest BCUT2D eigenvalue weighted by atomic mass is 10.3. The molecule has 0 aliphatic carbocycles. The van der Waals surface area contributed by atoms with Gasteiger partial charge in [-0.3, -0.25) is 4.79 Å². The molecular formula is C5H6Br2O. The normalized spacial score (nSPS) is 11.6. The standard InChI is InChI=1S/C5H6Br2O/c1-2-4(3-6)5(7)8/h2H,3H2,1H3. The minimum Gasteiger partial charge on any atom is -0.281 e. The quantitative estimate of drug-likeness (QED) is 0.412. The molecule has 0 aliphatic rings. The van der Waals surface area contributed by atoms with Crippen LogP contribution in [0.4, 0.5) is 0 Å². The van der Waals surface area contributed by atoms with Gasteiger partial charge in [0.05, 0.1) is 0 Å². The summed E-state index contributed by atoms with van der Waals surface area (Å²) in [5, 5.41) is 0.619. The number of halogens is 2. The van der Waals surface area contributed by atoms with Gasteiger partial charge in [-0.25, -0.2) is 0 Å². The van der Waals surface area contributed by atoms with Gasteiger partial charge >= 0.3 is 0 Å². The fourth-order valence-electron chi connectivity index (χ4n) is 0.243. The average Bonchev–Trinajstić information content (AvgIpc) is 1.69. The molecule has 0 unspecified atom stereocenters. The maximum Gasteiger partial charge on any atom is 0.224 e. The van der Waals surface area contributed by atoms with E-state index in [9.17, 15) is 4.79 Å². The first-order valence-electron chi connectivity index (χ1n) is 2.13. The van der Waals surface area contributed by atoms with E-state index in [0.29, 0.717) is 5.33 Å². The van der Waals surface area contributed by atoms with Crippen molar-refractivity contribution >= 4 is 36.6 Å². The Kier molecular flexibility index (Phi) is 4.47. The maximum atomic E-state index is 10.4. The Morgan fingerprint density at radius 2 is 2.25 bits per heavy atom. The van der Waals surface area contributed by atoms with Crippen molar-refractivity contribution in [1.29, 1.82) is 0 Å². The molecule has 46 valence electrons. The minimum absolute atomic E-state index is 0.0446. The number of alkyl halides is 1. The van der Waals surface area contributed by atoms with E-state index in [1.807, 2.05) is 6.92 Å². The van der Waals surface area contributed by atoms with Gasteiger partial charge in [-0.2, -0.15) is 0 Å². The third-order valence-corrected chi connectivity index (χ3v) is 1.86. The average molecular weight is 242 g/mol. The first kappa shape index (κ1) is 8.37. The highest BCUT2D eigenvalue weighted by Gasteiger charge is 1.99. The van der Waals surface area contributed by atoms with Gasteiger partial charge in [0.15, 0.2) is 0 Å². The predicted molar refractivity (Wildman–Crippen MR) is 41.5 cm³/mol. The van der Waals surface area contributed by atoms with E-state index in [2.05, 4.69) is 31.9 Å². The van der Waals surface area contributed by atoms with Crippen molar-refractivity contribution in [3.8, 4) is 0 Å². The lowest BCUT2D eigenvalue weighted by Crippen LogP contribution is -1.91.